The molecule has 0 aliphatic carbocycles. The Morgan fingerprint density at radius 2 is 2.30 bits per heavy atom. The van der Waals surface area contributed by atoms with Crippen LogP contribution in [0.3, 0.4) is 0 Å². The van der Waals surface area contributed by atoms with Gasteiger partial charge >= 0.3 is 0 Å². The molecule has 1 unspecified atom stereocenters. The van der Waals surface area contributed by atoms with Crippen molar-refractivity contribution in [2.45, 2.75) is 31.8 Å². The van der Waals surface area contributed by atoms with E-state index in [1.54, 1.807) is 13.2 Å². The van der Waals surface area contributed by atoms with E-state index in [0.717, 1.165) is 30.8 Å². The average Bonchev–Trinajstić information content (AvgIpc) is 2.96. The minimum absolute atomic E-state index is 0.355. The summed E-state index contributed by atoms with van der Waals surface area (Å²) < 4.78 is 16.6. The van der Waals surface area contributed by atoms with Crippen LogP contribution in [0.5, 0.6) is 11.5 Å². The fourth-order valence-electron chi connectivity index (χ4n) is 2.31. The van der Waals surface area contributed by atoms with Crippen molar-refractivity contribution in [3.05, 3.63) is 23.8 Å². The van der Waals surface area contributed by atoms with Gasteiger partial charge in [0.05, 0.1) is 19.8 Å². The standard InChI is InChI=1S/C15H21NO3S/c1-17-14-10-11(15(16)20)6-7-13(14)19-9-3-5-12-4-2-8-18-12/h6-7,10,12H,2-5,8-9H2,1H3,(H2,16,20). The highest BCUT2D eigenvalue weighted by atomic mass is 32.1. The number of rotatable bonds is 7. The zero-order chi connectivity index (χ0) is 14.4. The molecule has 1 aromatic rings. The number of nitrogens with two attached hydrogens (primary N) is 1. The molecule has 0 spiro atoms. The van der Waals surface area contributed by atoms with E-state index in [9.17, 15) is 0 Å². The summed E-state index contributed by atoms with van der Waals surface area (Å²) in [6.45, 7) is 1.56. The van der Waals surface area contributed by atoms with Crippen LogP contribution in [0.15, 0.2) is 18.2 Å². The Hall–Kier alpha value is -1.33. The van der Waals surface area contributed by atoms with Crippen LogP contribution in [0.2, 0.25) is 0 Å². The van der Waals surface area contributed by atoms with Crippen LogP contribution in [-0.4, -0.2) is 31.4 Å². The fraction of sp³-hybridized carbons (Fsp3) is 0.533. The first kappa shape index (κ1) is 15.1. The fourth-order valence-corrected chi connectivity index (χ4v) is 2.43. The Morgan fingerprint density at radius 3 is 2.95 bits per heavy atom. The third kappa shape index (κ3) is 4.08. The summed E-state index contributed by atoms with van der Waals surface area (Å²) in [5.74, 6) is 1.38. The lowest BCUT2D eigenvalue weighted by Gasteiger charge is -2.13. The molecule has 1 aromatic carbocycles. The Morgan fingerprint density at radius 1 is 1.45 bits per heavy atom. The van der Waals surface area contributed by atoms with E-state index in [-0.39, 0.29) is 0 Å². The molecular weight excluding hydrogens is 274 g/mol. The first-order valence-electron chi connectivity index (χ1n) is 6.93. The maximum atomic E-state index is 5.76. The van der Waals surface area contributed by atoms with Gasteiger partial charge in [-0.3, -0.25) is 0 Å². The highest BCUT2D eigenvalue weighted by Crippen LogP contribution is 2.28. The smallest absolute Gasteiger partial charge is 0.161 e. The van der Waals surface area contributed by atoms with E-state index in [4.69, 9.17) is 32.2 Å². The summed E-state index contributed by atoms with van der Waals surface area (Å²) in [7, 11) is 1.61. The van der Waals surface area contributed by atoms with Gasteiger partial charge in [-0.2, -0.15) is 0 Å². The lowest BCUT2D eigenvalue weighted by Crippen LogP contribution is -2.10. The maximum Gasteiger partial charge on any atom is 0.161 e. The van der Waals surface area contributed by atoms with Crippen LogP contribution >= 0.6 is 12.2 Å². The molecule has 5 heteroatoms. The Bertz CT molecular complexity index is 458. The lowest BCUT2D eigenvalue weighted by molar-refractivity contribution is 0.0980. The van der Waals surface area contributed by atoms with Crippen molar-refractivity contribution in [2.24, 2.45) is 5.73 Å². The topological polar surface area (TPSA) is 53.7 Å². The van der Waals surface area contributed by atoms with Gasteiger partial charge in [0.15, 0.2) is 11.5 Å². The zero-order valence-corrected chi connectivity index (χ0v) is 12.6. The Labute approximate surface area is 125 Å². The van der Waals surface area contributed by atoms with Gasteiger partial charge in [0, 0.05) is 12.2 Å². The molecule has 1 fully saturated rings. The molecule has 2 N–H and O–H groups in total. The minimum Gasteiger partial charge on any atom is -0.493 e. The quantitative estimate of drug-likeness (QED) is 0.619. The van der Waals surface area contributed by atoms with E-state index in [0.29, 0.717) is 23.4 Å². The van der Waals surface area contributed by atoms with Crippen LogP contribution in [0.4, 0.5) is 0 Å². The van der Waals surface area contributed by atoms with E-state index < -0.39 is 0 Å². The van der Waals surface area contributed by atoms with E-state index in [2.05, 4.69) is 0 Å². The van der Waals surface area contributed by atoms with E-state index >= 15 is 0 Å². The summed E-state index contributed by atoms with van der Waals surface area (Å²) in [5, 5.41) is 0. The molecule has 0 amide bonds. The van der Waals surface area contributed by atoms with Crippen LogP contribution in [0.25, 0.3) is 0 Å². The number of ether oxygens (including phenoxy) is 3. The van der Waals surface area contributed by atoms with Crippen molar-refractivity contribution in [1.29, 1.82) is 0 Å². The van der Waals surface area contributed by atoms with Gasteiger partial charge in [0.1, 0.15) is 4.99 Å². The number of benzene rings is 1. The van der Waals surface area contributed by atoms with Gasteiger partial charge in [0.25, 0.3) is 0 Å². The van der Waals surface area contributed by atoms with Crippen molar-refractivity contribution in [3.8, 4) is 11.5 Å². The SMILES string of the molecule is COc1cc(C(N)=S)ccc1OCCCC1CCCO1. The van der Waals surface area contributed by atoms with Gasteiger partial charge < -0.3 is 19.9 Å². The third-order valence-corrected chi connectivity index (χ3v) is 3.64. The van der Waals surface area contributed by atoms with Gasteiger partial charge in [-0.05, 0) is 43.9 Å². The molecule has 0 saturated carbocycles. The van der Waals surface area contributed by atoms with Crippen molar-refractivity contribution < 1.29 is 14.2 Å². The highest BCUT2D eigenvalue weighted by Gasteiger charge is 2.15. The predicted octanol–water partition coefficient (Wildman–Crippen LogP) is 2.67. The van der Waals surface area contributed by atoms with Crippen molar-refractivity contribution in [2.75, 3.05) is 20.3 Å². The Balaban J connectivity index is 1.83. The summed E-state index contributed by atoms with van der Waals surface area (Å²) in [6.07, 6.45) is 4.79. The molecule has 110 valence electrons. The zero-order valence-electron chi connectivity index (χ0n) is 11.8. The molecule has 1 atom stereocenters. The van der Waals surface area contributed by atoms with E-state index in [1.807, 2.05) is 12.1 Å². The molecule has 4 nitrogen and oxygen atoms in total. The summed E-state index contributed by atoms with van der Waals surface area (Å²) in [5.41, 5.74) is 6.38. The van der Waals surface area contributed by atoms with Gasteiger partial charge in [-0.15, -0.1) is 0 Å². The Kier molecular flexibility index (Phi) is 5.61. The average molecular weight is 295 g/mol. The highest BCUT2D eigenvalue weighted by molar-refractivity contribution is 7.80. The van der Waals surface area contributed by atoms with Crippen LogP contribution < -0.4 is 15.2 Å². The predicted molar refractivity (Wildman–Crippen MR) is 82.6 cm³/mol. The lowest BCUT2D eigenvalue weighted by atomic mass is 10.1. The second-order valence-electron chi connectivity index (χ2n) is 4.86. The van der Waals surface area contributed by atoms with E-state index in [1.165, 1.54) is 12.8 Å². The maximum absolute atomic E-state index is 5.76. The van der Waals surface area contributed by atoms with Crippen LogP contribution in [0, 0.1) is 0 Å². The van der Waals surface area contributed by atoms with Crippen molar-refractivity contribution >= 4 is 17.2 Å². The molecule has 0 bridgehead atoms. The molecular formula is C15H21NO3S. The summed E-state index contributed by atoms with van der Waals surface area (Å²) in [4.78, 5) is 0.355. The molecule has 1 heterocycles. The largest absolute Gasteiger partial charge is 0.493 e. The number of hydrogen-bond donors (Lipinski definition) is 1. The van der Waals surface area contributed by atoms with Crippen molar-refractivity contribution in [3.63, 3.8) is 0 Å². The minimum atomic E-state index is 0.355. The summed E-state index contributed by atoms with van der Waals surface area (Å²) in [6, 6.07) is 5.50. The third-order valence-electron chi connectivity index (χ3n) is 3.40. The molecule has 1 saturated heterocycles. The normalized spacial score (nSPS) is 17.9. The molecule has 0 radical (unpaired) electrons. The summed E-state index contributed by atoms with van der Waals surface area (Å²) >= 11 is 4.95. The molecule has 0 aromatic heterocycles. The second-order valence-corrected chi connectivity index (χ2v) is 5.30. The molecule has 20 heavy (non-hydrogen) atoms. The molecule has 1 aliphatic heterocycles. The van der Waals surface area contributed by atoms with Crippen LogP contribution in [-0.2, 0) is 4.74 Å². The number of thiocarbonyl (C=S) groups is 1. The monoisotopic (exact) mass is 295 g/mol. The van der Waals surface area contributed by atoms with Gasteiger partial charge in [-0.1, -0.05) is 12.2 Å². The first-order valence-corrected chi connectivity index (χ1v) is 7.34. The van der Waals surface area contributed by atoms with Crippen LogP contribution in [0.1, 0.15) is 31.2 Å². The second kappa shape index (κ2) is 7.45. The first-order chi connectivity index (χ1) is 9.70. The van der Waals surface area contributed by atoms with Crippen molar-refractivity contribution in [1.82, 2.24) is 0 Å². The molecule has 1 aliphatic rings. The number of hydrogen-bond acceptors (Lipinski definition) is 4. The number of methoxy groups -OCH3 is 1. The molecule has 2 rings (SSSR count). The van der Waals surface area contributed by atoms with Gasteiger partial charge in [-0.25, -0.2) is 0 Å². The van der Waals surface area contributed by atoms with Gasteiger partial charge in [0.2, 0.25) is 0 Å².